The van der Waals surface area contributed by atoms with Gasteiger partial charge in [-0.3, -0.25) is 9.69 Å². The summed E-state index contributed by atoms with van der Waals surface area (Å²) in [4.78, 5) is 17.2. The Bertz CT molecular complexity index is 841. The van der Waals surface area contributed by atoms with Gasteiger partial charge in [-0.05, 0) is 61.9 Å². The number of hydrogen-bond acceptors (Lipinski definition) is 5. The zero-order valence-corrected chi connectivity index (χ0v) is 16.3. The molecule has 0 saturated carbocycles. The first kappa shape index (κ1) is 18.5. The number of amides is 1. The molecular weight excluding hydrogens is 364 g/mol. The average molecular weight is 385 g/mol. The van der Waals surface area contributed by atoms with Crippen molar-refractivity contribution in [1.29, 1.82) is 0 Å². The second-order valence-electron chi connectivity index (χ2n) is 5.80. The van der Waals surface area contributed by atoms with Gasteiger partial charge in [0, 0.05) is 18.8 Å². The highest BCUT2D eigenvalue weighted by molar-refractivity contribution is 8.27. The van der Waals surface area contributed by atoms with E-state index in [9.17, 15) is 9.90 Å². The van der Waals surface area contributed by atoms with Gasteiger partial charge in [0.25, 0.3) is 5.91 Å². The molecule has 134 valence electrons. The first-order valence-corrected chi connectivity index (χ1v) is 9.68. The molecule has 1 amide bonds. The molecule has 0 bridgehead atoms. The number of thioether (sulfide) groups is 1. The van der Waals surface area contributed by atoms with Crippen molar-refractivity contribution in [3.63, 3.8) is 0 Å². The Morgan fingerprint density at radius 3 is 2.27 bits per heavy atom. The summed E-state index contributed by atoms with van der Waals surface area (Å²) in [5.74, 6) is 0.0756. The third kappa shape index (κ3) is 3.76. The predicted octanol–water partition coefficient (Wildman–Crippen LogP) is 4.64. The van der Waals surface area contributed by atoms with Gasteiger partial charge in [-0.25, -0.2) is 0 Å². The zero-order valence-electron chi connectivity index (χ0n) is 14.7. The van der Waals surface area contributed by atoms with E-state index in [0.717, 1.165) is 30.0 Å². The molecule has 0 aliphatic carbocycles. The summed E-state index contributed by atoms with van der Waals surface area (Å²) in [6.45, 7) is 6.11. The van der Waals surface area contributed by atoms with Crippen LogP contribution in [0, 0.1) is 0 Å². The molecule has 2 aromatic rings. The summed E-state index contributed by atoms with van der Waals surface area (Å²) in [5.41, 5.74) is 2.75. The number of phenolic OH excluding ortho intramolecular Hbond substituents is 1. The zero-order chi connectivity index (χ0) is 18.7. The number of aromatic hydroxyl groups is 1. The van der Waals surface area contributed by atoms with Crippen LogP contribution in [0.2, 0.25) is 0 Å². The molecule has 3 rings (SSSR count). The Balaban J connectivity index is 1.84. The molecule has 0 atom stereocenters. The van der Waals surface area contributed by atoms with Gasteiger partial charge >= 0.3 is 0 Å². The molecule has 1 aliphatic rings. The lowest BCUT2D eigenvalue weighted by Gasteiger charge is -2.22. The van der Waals surface area contributed by atoms with Gasteiger partial charge in [-0.15, -0.1) is 0 Å². The van der Waals surface area contributed by atoms with Crippen LogP contribution >= 0.6 is 24.0 Å². The number of thiocarbonyl (C=S) groups is 1. The van der Waals surface area contributed by atoms with Gasteiger partial charge in [0.05, 0.1) is 10.6 Å². The van der Waals surface area contributed by atoms with Crippen LogP contribution in [0.1, 0.15) is 19.4 Å². The number of benzene rings is 2. The Kier molecular flexibility index (Phi) is 5.64. The monoisotopic (exact) mass is 384 g/mol. The van der Waals surface area contributed by atoms with E-state index in [0.29, 0.717) is 9.23 Å². The van der Waals surface area contributed by atoms with Crippen LogP contribution in [0.5, 0.6) is 5.75 Å². The van der Waals surface area contributed by atoms with Crippen LogP contribution < -0.4 is 9.80 Å². The van der Waals surface area contributed by atoms with E-state index in [1.54, 1.807) is 35.2 Å². The van der Waals surface area contributed by atoms with Gasteiger partial charge in [0.1, 0.15) is 5.75 Å². The van der Waals surface area contributed by atoms with Crippen molar-refractivity contribution in [2.45, 2.75) is 13.8 Å². The lowest BCUT2D eigenvalue weighted by atomic mass is 10.2. The van der Waals surface area contributed by atoms with Gasteiger partial charge in [0.2, 0.25) is 0 Å². The van der Waals surface area contributed by atoms with Gasteiger partial charge < -0.3 is 10.0 Å². The number of hydrogen-bond donors (Lipinski definition) is 1. The van der Waals surface area contributed by atoms with Gasteiger partial charge in [-0.2, -0.15) is 0 Å². The standard InChI is InChI=1S/C20H20N2O2S2/c1-3-21(4-2)15-7-9-16(10-8-15)22-19(24)18(26-20(22)25)13-14-5-11-17(23)12-6-14/h5-13,23H,3-4H2,1-2H3/b18-13-. The lowest BCUT2D eigenvalue weighted by molar-refractivity contribution is -0.113. The van der Waals surface area contributed by atoms with E-state index in [-0.39, 0.29) is 11.7 Å². The van der Waals surface area contributed by atoms with Crippen molar-refractivity contribution in [2.75, 3.05) is 22.9 Å². The minimum atomic E-state index is -0.122. The van der Waals surface area contributed by atoms with E-state index in [1.165, 1.54) is 11.8 Å². The van der Waals surface area contributed by atoms with Crippen LogP contribution in [0.4, 0.5) is 11.4 Å². The minimum Gasteiger partial charge on any atom is -0.508 e. The van der Waals surface area contributed by atoms with E-state index in [1.807, 2.05) is 24.3 Å². The number of carbonyl (C=O) groups excluding carboxylic acids is 1. The van der Waals surface area contributed by atoms with E-state index < -0.39 is 0 Å². The van der Waals surface area contributed by atoms with E-state index >= 15 is 0 Å². The SMILES string of the molecule is CCN(CC)c1ccc(N2C(=O)/C(=C/c3ccc(O)cc3)SC2=S)cc1. The molecule has 0 radical (unpaired) electrons. The second kappa shape index (κ2) is 7.93. The maximum Gasteiger partial charge on any atom is 0.270 e. The fourth-order valence-electron chi connectivity index (χ4n) is 2.81. The third-order valence-corrected chi connectivity index (χ3v) is 5.52. The van der Waals surface area contributed by atoms with Crippen LogP contribution in [0.15, 0.2) is 53.4 Å². The summed E-state index contributed by atoms with van der Waals surface area (Å²) in [6, 6.07) is 14.6. The van der Waals surface area contributed by atoms with Crippen molar-refractivity contribution in [2.24, 2.45) is 0 Å². The number of rotatable bonds is 5. The van der Waals surface area contributed by atoms with Crippen molar-refractivity contribution in [1.82, 2.24) is 0 Å². The number of phenols is 1. The molecule has 26 heavy (non-hydrogen) atoms. The van der Waals surface area contributed by atoms with E-state index in [4.69, 9.17) is 12.2 Å². The molecule has 0 spiro atoms. The highest BCUT2D eigenvalue weighted by Gasteiger charge is 2.33. The topological polar surface area (TPSA) is 43.8 Å². The van der Waals surface area contributed by atoms with Crippen LogP contribution in [0.25, 0.3) is 6.08 Å². The smallest absolute Gasteiger partial charge is 0.270 e. The van der Waals surface area contributed by atoms with Crippen molar-refractivity contribution < 1.29 is 9.90 Å². The molecule has 1 aliphatic heterocycles. The molecule has 0 aromatic heterocycles. The summed E-state index contributed by atoms with van der Waals surface area (Å²) in [7, 11) is 0. The lowest BCUT2D eigenvalue weighted by Crippen LogP contribution is -2.27. The third-order valence-electron chi connectivity index (χ3n) is 4.22. The fraction of sp³-hybridized carbons (Fsp3) is 0.200. The quantitative estimate of drug-likeness (QED) is 0.601. The Morgan fingerprint density at radius 2 is 1.69 bits per heavy atom. The largest absolute Gasteiger partial charge is 0.508 e. The predicted molar refractivity (Wildman–Crippen MR) is 114 cm³/mol. The van der Waals surface area contributed by atoms with Crippen molar-refractivity contribution in [3.8, 4) is 5.75 Å². The summed E-state index contributed by atoms with van der Waals surface area (Å²) >= 11 is 6.71. The van der Waals surface area contributed by atoms with Crippen molar-refractivity contribution in [3.05, 3.63) is 59.0 Å². The summed E-state index contributed by atoms with van der Waals surface area (Å²) in [5, 5.41) is 9.37. The normalized spacial score (nSPS) is 15.8. The average Bonchev–Trinajstić information content (AvgIpc) is 2.92. The molecule has 0 unspecified atom stereocenters. The molecule has 4 nitrogen and oxygen atoms in total. The first-order chi connectivity index (χ1) is 12.5. The maximum atomic E-state index is 12.8. The summed E-state index contributed by atoms with van der Waals surface area (Å²) < 4.78 is 0.524. The second-order valence-corrected chi connectivity index (χ2v) is 7.47. The minimum absolute atomic E-state index is 0.122. The van der Waals surface area contributed by atoms with Crippen molar-refractivity contribution >= 4 is 51.7 Å². The Labute approximate surface area is 163 Å². The Morgan fingerprint density at radius 1 is 1.08 bits per heavy atom. The molecule has 6 heteroatoms. The molecule has 1 saturated heterocycles. The fourth-order valence-corrected chi connectivity index (χ4v) is 4.11. The molecule has 1 heterocycles. The molecule has 1 fully saturated rings. The van der Waals surface area contributed by atoms with Crippen LogP contribution in [-0.4, -0.2) is 28.4 Å². The van der Waals surface area contributed by atoms with Crippen LogP contribution in [0.3, 0.4) is 0 Å². The van der Waals surface area contributed by atoms with Crippen LogP contribution in [-0.2, 0) is 4.79 Å². The van der Waals surface area contributed by atoms with E-state index in [2.05, 4.69) is 18.7 Å². The number of carbonyl (C=O) groups is 1. The first-order valence-electron chi connectivity index (χ1n) is 8.45. The number of nitrogens with zero attached hydrogens (tertiary/aromatic N) is 2. The van der Waals surface area contributed by atoms with Gasteiger partial charge in [0.15, 0.2) is 4.32 Å². The highest BCUT2D eigenvalue weighted by atomic mass is 32.2. The molecule has 1 N–H and O–H groups in total. The molecular formula is C20H20N2O2S2. The number of anilines is 2. The highest BCUT2D eigenvalue weighted by Crippen LogP contribution is 2.36. The van der Waals surface area contributed by atoms with Gasteiger partial charge in [-0.1, -0.05) is 36.1 Å². The molecule has 2 aromatic carbocycles. The Hall–Kier alpha value is -2.31. The summed E-state index contributed by atoms with van der Waals surface area (Å²) in [6.07, 6.45) is 1.79. The maximum absolute atomic E-state index is 12.8.